The zero-order valence-electron chi connectivity index (χ0n) is 8.88. The lowest BCUT2D eigenvalue weighted by molar-refractivity contribution is 0.585. The maximum absolute atomic E-state index is 13.4. The summed E-state index contributed by atoms with van der Waals surface area (Å²) in [5.41, 5.74) is 1.12. The molecule has 0 atom stereocenters. The van der Waals surface area contributed by atoms with Crippen LogP contribution in [0.2, 0.25) is 5.02 Å². The van der Waals surface area contributed by atoms with Gasteiger partial charge in [0, 0.05) is 12.6 Å². The van der Waals surface area contributed by atoms with Crippen LogP contribution >= 0.6 is 11.6 Å². The Morgan fingerprint density at radius 3 is 2.41 bits per heavy atom. The Hall–Kier alpha value is -1.61. The van der Waals surface area contributed by atoms with E-state index in [0.29, 0.717) is 6.54 Å². The molecule has 0 saturated heterocycles. The first-order valence-corrected chi connectivity index (χ1v) is 5.47. The average Bonchev–Trinajstić information content (AvgIpc) is 2.29. The van der Waals surface area contributed by atoms with E-state index in [1.54, 1.807) is 0 Å². The summed E-state index contributed by atoms with van der Waals surface area (Å²) in [6.45, 7) is 0.434. The molecule has 0 aliphatic rings. The van der Waals surface area contributed by atoms with Gasteiger partial charge in [-0.1, -0.05) is 41.9 Å². The van der Waals surface area contributed by atoms with Crippen LogP contribution in [-0.4, -0.2) is 0 Å². The van der Waals surface area contributed by atoms with E-state index < -0.39 is 11.6 Å². The van der Waals surface area contributed by atoms with Gasteiger partial charge in [-0.3, -0.25) is 0 Å². The minimum Gasteiger partial charge on any atom is -0.377 e. The number of benzene rings is 2. The lowest BCUT2D eigenvalue weighted by Gasteiger charge is -2.09. The summed E-state index contributed by atoms with van der Waals surface area (Å²) in [5.74, 6) is -1.37. The molecule has 0 bridgehead atoms. The molecule has 0 radical (unpaired) electrons. The van der Waals surface area contributed by atoms with Crippen LogP contribution in [0.4, 0.5) is 14.5 Å². The second kappa shape index (κ2) is 5.15. The molecule has 88 valence electrons. The van der Waals surface area contributed by atoms with Gasteiger partial charge in [-0.25, -0.2) is 8.78 Å². The molecule has 17 heavy (non-hydrogen) atoms. The van der Waals surface area contributed by atoms with Crippen LogP contribution in [0.15, 0.2) is 42.5 Å². The highest BCUT2D eigenvalue weighted by molar-refractivity contribution is 6.33. The number of halogens is 3. The minimum absolute atomic E-state index is 0.0402. The lowest BCUT2D eigenvalue weighted by atomic mass is 10.2. The third-order valence-corrected chi connectivity index (χ3v) is 2.62. The van der Waals surface area contributed by atoms with Crippen LogP contribution in [0.5, 0.6) is 0 Å². The largest absolute Gasteiger partial charge is 0.377 e. The third-order valence-electron chi connectivity index (χ3n) is 2.32. The summed E-state index contributed by atoms with van der Waals surface area (Å²) in [4.78, 5) is 0. The Morgan fingerprint density at radius 2 is 1.76 bits per heavy atom. The van der Waals surface area contributed by atoms with Gasteiger partial charge in [0.1, 0.15) is 5.82 Å². The van der Waals surface area contributed by atoms with E-state index in [9.17, 15) is 8.78 Å². The molecular formula is C13H10ClF2N. The van der Waals surface area contributed by atoms with Crippen LogP contribution in [0, 0.1) is 11.6 Å². The maximum atomic E-state index is 13.4. The second-order valence-corrected chi connectivity index (χ2v) is 3.99. The van der Waals surface area contributed by atoms with E-state index in [1.165, 1.54) is 0 Å². The van der Waals surface area contributed by atoms with Crippen molar-refractivity contribution in [3.8, 4) is 0 Å². The molecule has 2 aromatic carbocycles. The van der Waals surface area contributed by atoms with Crippen molar-refractivity contribution < 1.29 is 8.78 Å². The van der Waals surface area contributed by atoms with Gasteiger partial charge < -0.3 is 5.32 Å². The Balaban J connectivity index is 2.15. The summed E-state index contributed by atoms with van der Waals surface area (Å²) >= 11 is 5.76. The van der Waals surface area contributed by atoms with Gasteiger partial charge in [-0.05, 0) is 11.6 Å². The van der Waals surface area contributed by atoms with Gasteiger partial charge in [-0.2, -0.15) is 0 Å². The number of anilines is 1. The second-order valence-electron chi connectivity index (χ2n) is 3.58. The van der Waals surface area contributed by atoms with Crippen LogP contribution in [0.25, 0.3) is 0 Å². The molecule has 0 aromatic heterocycles. The van der Waals surface area contributed by atoms with Gasteiger partial charge in [-0.15, -0.1) is 0 Å². The highest BCUT2D eigenvalue weighted by Gasteiger charge is 2.09. The topological polar surface area (TPSA) is 12.0 Å². The smallest absolute Gasteiger partial charge is 0.150 e. The van der Waals surface area contributed by atoms with Gasteiger partial charge in [0.25, 0.3) is 0 Å². The Kier molecular flexibility index (Phi) is 3.59. The molecule has 0 heterocycles. The van der Waals surface area contributed by atoms with Crippen molar-refractivity contribution in [2.24, 2.45) is 0 Å². The van der Waals surface area contributed by atoms with Gasteiger partial charge in [0.2, 0.25) is 0 Å². The minimum atomic E-state index is -0.689. The molecule has 0 aliphatic heterocycles. The van der Waals surface area contributed by atoms with E-state index in [1.807, 2.05) is 30.3 Å². The van der Waals surface area contributed by atoms with Crippen molar-refractivity contribution >= 4 is 17.3 Å². The molecule has 0 saturated carbocycles. The summed E-state index contributed by atoms with van der Waals surface area (Å²) in [5, 5.41) is 2.89. The first-order valence-electron chi connectivity index (χ1n) is 5.09. The van der Waals surface area contributed by atoms with Crippen molar-refractivity contribution in [3.05, 3.63) is 64.7 Å². The van der Waals surface area contributed by atoms with Crippen LogP contribution in [-0.2, 0) is 6.54 Å². The standard InChI is InChI=1S/C13H10ClF2N/c14-11-6-10(15)7-12(16)13(11)17-8-9-4-2-1-3-5-9/h1-7,17H,8H2. The Bertz CT molecular complexity index is 491. The first-order chi connectivity index (χ1) is 8.16. The third kappa shape index (κ3) is 2.94. The summed E-state index contributed by atoms with van der Waals surface area (Å²) in [7, 11) is 0. The molecule has 0 aliphatic carbocycles. The Labute approximate surface area is 103 Å². The lowest BCUT2D eigenvalue weighted by Crippen LogP contribution is -2.02. The first kappa shape index (κ1) is 11.9. The van der Waals surface area contributed by atoms with Crippen molar-refractivity contribution in [3.63, 3.8) is 0 Å². The van der Waals surface area contributed by atoms with E-state index in [0.717, 1.165) is 17.7 Å². The fourth-order valence-electron chi connectivity index (χ4n) is 1.50. The van der Waals surface area contributed by atoms with Crippen molar-refractivity contribution in [2.45, 2.75) is 6.54 Å². The molecular weight excluding hydrogens is 244 g/mol. The summed E-state index contributed by atoms with van der Waals surface area (Å²) in [6.07, 6.45) is 0. The zero-order valence-corrected chi connectivity index (χ0v) is 9.64. The molecule has 2 aromatic rings. The zero-order chi connectivity index (χ0) is 12.3. The number of hydrogen-bond acceptors (Lipinski definition) is 1. The maximum Gasteiger partial charge on any atom is 0.150 e. The van der Waals surface area contributed by atoms with Gasteiger partial charge >= 0.3 is 0 Å². The number of rotatable bonds is 3. The summed E-state index contributed by atoms with van der Waals surface area (Å²) < 4.78 is 26.2. The van der Waals surface area contributed by atoms with E-state index in [4.69, 9.17) is 11.6 Å². The predicted octanol–water partition coefficient (Wildman–Crippen LogP) is 4.23. The average molecular weight is 254 g/mol. The van der Waals surface area contributed by atoms with Crippen molar-refractivity contribution in [2.75, 3.05) is 5.32 Å². The summed E-state index contributed by atoms with van der Waals surface area (Å²) in [6, 6.07) is 11.4. The van der Waals surface area contributed by atoms with Crippen LogP contribution < -0.4 is 5.32 Å². The highest BCUT2D eigenvalue weighted by Crippen LogP contribution is 2.26. The highest BCUT2D eigenvalue weighted by atomic mass is 35.5. The van der Waals surface area contributed by atoms with Crippen LogP contribution in [0.1, 0.15) is 5.56 Å². The molecule has 1 N–H and O–H groups in total. The monoisotopic (exact) mass is 253 g/mol. The fraction of sp³-hybridized carbons (Fsp3) is 0.0769. The Morgan fingerprint density at radius 1 is 1.06 bits per heavy atom. The van der Waals surface area contributed by atoms with E-state index in [-0.39, 0.29) is 10.7 Å². The molecule has 0 unspecified atom stereocenters. The molecule has 1 nitrogen and oxygen atoms in total. The SMILES string of the molecule is Fc1cc(F)c(NCc2ccccc2)c(Cl)c1. The fourth-order valence-corrected chi connectivity index (χ4v) is 1.76. The van der Waals surface area contributed by atoms with Gasteiger partial charge in [0.05, 0.1) is 10.7 Å². The predicted molar refractivity (Wildman–Crippen MR) is 65.1 cm³/mol. The molecule has 0 spiro atoms. The molecule has 0 amide bonds. The quantitative estimate of drug-likeness (QED) is 0.863. The van der Waals surface area contributed by atoms with E-state index >= 15 is 0 Å². The molecule has 4 heteroatoms. The van der Waals surface area contributed by atoms with Gasteiger partial charge in [0.15, 0.2) is 5.82 Å². The van der Waals surface area contributed by atoms with Crippen molar-refractivity contribution in [1.29, 1.82) is 0 Å². The number of hydrogen-bond donors (Lipinski definition) is 1. The molecule has 2 rings (SSSR count). The molecule has 0 fully saturated rings. The van der Waals surface area contributed by atoms with Crippen LogP contribution in [0.3, 0.4) is 0 Å². The normalized spacial score (nSPS) is 10.3. The number of nitrogens with one attached hydrogen (secondary N) is 1. The van der Waals surface area contributed by atoms with Crippen molar-refractivity contribution in [1.82, 2.24) is 0 Å². The van der Waals surface area contributed by atoms with E-state index in [2.05, 4.69) is 5.32 Å².